The van der Waals surface area contributed by atoms with Gasteiger partial charge < -0.3 is 0 Å². The van der Waals surface area contributed by atoms with Crippen LogP contribution in [0.25, 0.3) is 0 Å². The average Bonchev–Trinajstić information content (AvgIpc) is 2.96. The van der Waals surface area contributed by atoms with E-state index in [0.717, 1.165) is 31.6 Å². The van der Waals surface area contributed by atoms with Crippen LogP contribution in [0.4, 0.5) is 0 Å². The summed E-state index contributed by atoms with van der Waals surface area (Å²) in [6.45, 7) is 11.4. The second-order valence-electron chi connectivity index (χ2n) is 7.86. The lowest BCUT2D eigenvalue weighted by Gasteiger charge is -2.29. The molecule has 0 spiro atoms. The van der Waals surface area contributed by atoms with Crippen molar-refractivity contribution in [2.24, 2.45) is 5.92 Å². The lowest BCUT2D eigenvalue weighted by atomic mass is 10.0. The van der Waals surface area contributed by atoms with Gasteiger partial charge in [0, 0.05) is 19.6 Å². The van der Waals surface area contributed by atoms with Crippen molar-refractivity contribution in [1.29, 1.82) is 0 Å². The van der Waals surface area contributed by atoms with Crippen LogP contribution in [0.2, 0.25) is 0 Å². The Kier molecular flexibility index (Phi) is 6.58. The van der Waals surface area contributed by atoms with Crippen molar-refractivity contribution >= 4 is 10.0 Å². The van der Waals surface area contributed by atoms with Gasteiger partial charge >= 0.3 is 0 Å². The minimum Gasteiger partial charge on any atom is -0.280 e. The third-order valence-electron chi connectivity index (χ3n) is 5.69. The molecule has 1 saturated heterocycles. The topological polar surface area (TPSA) is 58.4 Å². The van der Waals surface area contributed by atoms with Crippen molar-refractivity contribution in [2.45, 2.75) is 58.6 Å². The number of hydrogen-bond acceptors (Lipinski definition) is 4. The Bertz CT molecular complexity index is 885. The molecular weight excluding hydrogens is 372 g/mol. The third-order valence-corrected chi connectivity index (χ3v) is 7.84. The molecule has 154 valence electrons. The molecule has 6 nitrogen and oxygen atoms in total. The Morgan fingerprint density at radius 2 is 1.79 bits per heavy atom. The maximum absolute atomic E-state index is 13.3. The molecule has 28 heavy (non-hydrogen) atoms. The lowest BCUT2D eigenvalue weighted by Crippen LogP contribution is -2.38. The minimum absolute atomic E-state index is 0.387. The summed E-state index contributed by atoms with van der Waals surface area (Å²) in [5.74, 6) is 0.590. The third kappa shape index (κ3) is 4.47. The molecule has 1 fully saturated rings. The first-order valence-electron chi connectivity index (χ1n) is 10.1. The monoisotopic (exact) mass is 404 g/mol. The maximum Gasteiger partial charge on any atom is 0.246 e. The molecule has 1 aromatic heterocycles. The normalized spacial score (nSPS) is 16.8. The Morgan fingerprint density at radius 3 is 2.39 bits per heavy atom. The van der Waals surface area contributed by atoms with E-state index in [2.05, 4.69) is 36.0 Å². The Balaban J connectivity index is 1.81. The van der Waals surface area contributed by atoms with E-state index >= 15 is 0 Å². The van der Waals surface area contributed by atoms with E-state index in [-0.39, 0.29) is 0 Å². The average molecular weight is 405 g/mol. The fraction of sp³-hybridized carbons (Fsp3) is 0.571. The van der Waals surface area contributed by atoms with Crippen molar-refractivity contribution in [3.05, 3.63) is 47.3 Å². The quantitative estimate of drug-likeness (QED) is 0.710. The van der Waals surface area contributed by atoms with E-state index in [4.69, 9.17) is 0 Å². The molecule has 0 aliphatic carbocycles. The highest BCUT2D eigenvalue weighted by atomic mass is 32.2. The second kappa shape index (κ2) is 8.76. The Morgan fingerprint density at radius 1 is 1.14 bits per heavy atom. The van der Waals surface area contributed by atoms with Gasteiger partial charge in [-0.25, -0.2) is 8.42 Å². The fourth-order valence-electron chi connectivity index (χ4n) is 3.84. The van der Waals surface area contributed by atoms with Gasteiger partial charge in [-0.15, -0.1) is 0 Å². The van der Waals surface area contributed by atoms with Gasteiger partial charge in [0.05, 0.1) is 18.1 Å². The molecule has 0 N–H and O–H groups in total. The van der Waals surface area contributed by atoms with Crippen LogP contribution >= 0.6 is 0 Å². The summed E-state index contributed by atoms with van der Waals surface area (Å²) in [4.78, 5) is 2.64. The van der Waals surface area contributed by atoms with Crippen LogP contribution in [0.5, 0.6) is 0 Å². The zero-order chi connectivity index (χ0) is 20.3. The first kappa shape index (κ1) is 21.0. The number of aryl methyl sites for hydroxylation is 1. The van der Waals surface area contributed by atoms with E-state index in [9.17, 15) is 8.42 Å². The van der Waals surface area contributed by atoms with Crippen LogP contribution in [0.1, 0.15) is 43.6 Å². The van der Waals surface area contributed by atoms with Crippen LogP contribution in [0, 0.1) is 19.8 Å². The number of piperidine rings is 1. The molecule has 0 amide bonds. The summed E-state index contributed by atoms with van der Waals surface area (Å²) in [7, 11) is -3.50. The molecule has 0 unspecified atom stereocenters. The van der Waals surface area contributed by atoms with Crippen molar-refractivity contribution in [3.8, 4) is 0 Å². The molecule has 0 saturated carbocycles. The summed E-state index contributed by atoms with van der Waals surface area (Å²) in [5.41, 5.74) is 2.55. The number of hydrogen-bond donors (Lipinski definition) is 0. The van der Waals surface area contributed by atoms with Crippen LogP contribution < -0.4 is 0 Å². The number of benzene rings is 1. The molecular formula is C21H32N4O2S. The van der Waals surface area contributed by atoms with Crippen LogP contribution in [0.3, 0.4) is 0 Å². The van der Waals surface area contributed by atoms with Crippen molar-refractivity contribution in [2.75, 3.05) is 19.6 Å². The fourth-order valence-corrected chi connectivity index (χ4v) is 5.68. The molecule has 0 atom stereocenters. The number of nitrogens with zero attached hydrogens (tertiary/aromatic N) is 4. The molecule has 1 aromatic carbocycles. The molecule has 2 aromatic rings. The van der Waals surface area contributed by atoms with E-state index in [1.165, 1.54) is 5.56 Å². The van der Waals surface area contributed by atoms with Gasteiger partial charge in [0.15, 0.2) is 0 Å². The van der Waals surface area contributed by atoms with Gasteiger partial charge in [0.2, 0.25) is 10.0 Å². The van der Waals surface area contributed by atoms with Crippen molar-refractivity contribution < 1.29 is 8.42 Å². The largest absolute Gasteiger partial charge is 0.280 e. The predicted molar refractivity (Wildman–Crippen MR) is 111 cm³/mol. The highest BCUT2D eigenvalue weighted by Gasteiger charge is 2.33. The van der Waals surface area contributed by atoms with Crippen molar-refractivity contribution in [1.82, 2.24) is 19.0 Å². The van der Waals surface area contributed by atoms with Gasteiger partial charge in [-0.1, -0.05) is 44.2 Å². The maximum atomic E-state index is 13.3. The minimum atomic E-state index is -3.50. The van der Waals surface area contributed by atoms with E-state index in [0.29, 0.717) is 36.3 Å². The summed E-state index contributed by atoms with van der Waals surface area (Å²) >= 11 is 0. The number of rotatable bonds is 7. The highest BCUT2D eigenvalue weighted by molar-refractivity contribution is 7.89. The SMILES string of the molecule is CCN(Cc1ccccc1)Cn1nc(C)c(S(=O)(=O)N2CCC(C)CC2)c1C. The first-order valence-corrected chi connectivity index (χ1v) is 11.6. The summed E-state index contributed by atoms with van der Waals surface area (Å²) in [5, 5.41) is 4.58. The summed E-state index contributed by atoms with van der Waals surface area (Å²) in [6, 6.07) is 10.3. The first-order chi connectivity index (χ1) is 13.3. The molecule has 0 radical (unpaired) electrons. The van der Waals surface area contributed by atoms with Gasteiger partial charge in [-0.2, -0.15) is 9.40 Å². The van der Waals surface area contributed by atoms with E-state index in [1.54, 1.807) is 11.2 Å². The summed E-state index contributed by atoms with van der Waals surface area (Å²) < 4.78 is 30.0. The standard InChI is InChI=1S/C21H32N4O2S/c1-5-23(15-20-9-7-6-8-10-20)16-25-19(4)21(18(3)22-25)28(26,27)24-13-11-17(2)12-14-24/h6-10,17H,5,11-16H2,1-4H3. The Hall–Kier alpha value is -1.70. The van der Waals surface area contributed by atoms with Gasteiger partial charge in [-0.05, 0) is 44.7 Å². The highest BCUT2D eigenvalue weighted by Crippen LogP contribution is 2.27. The molecule has 3 rings (SSSR count). The molecule has 1 aliphatic rings. The number of sulfonamides is 1. The zero-order valence-corrected chi connectivity index (χ0v) is 18.2. The predicted octanol–water partition coefficient (Wildman–Crippen LogP) is 3.40. The number of aromatic nitrogens is 2. The van der Waals surface area contributed by atoms with Crippen molar-refractivity contribution in [3.63, 3.8) is 0 Å². The molecule has 7 heteroatoms. The van der Waals surface area contributed by atoms with Gasteiger partial charge in [0.1, 0.15) is 4.90 Å². The van der Waals surface area contributed by atoms with E-state index in [1.807, 2.05) is 29.8 Å². The molecule has 0 bridgehead atoms. The second-order valence-corrected chi connectivity index (χ2v) is 9.73. The Labute approximate surface area is 169 Å². The van der Waals surface area contributed by atoms with Gasteiger partial charge in [0.25, 0.3) is 0 Å². The molecule has 1 aliphatic heterocycles. The smallest absolute Gasteiger partial charge is 0.246 e. The molecule has 2 heterocycles. The van der Waals surface area contributed by atoms with Gasteiger partial charge in [-0.3, -0.25) is 9.58 Å². The van der Waals surface area contributed by atoms with Crippen LogP contribution in [-0.4, -0.2) is 47.0 Å². The van der Waals surface area contributed by atoms with Crippen LogP contribution in [0.15, 0.2) is 35.2 Å². The lowest BCUT2D eigenvalue weighted by molar-refractivity contribution is 0.206. The van der Waals surface area contributed by atoms with E-state index < -0.39 is 10.0 Å². The summed E-state index contributed by atoms with van der Waals surface area (Å²) in [6.07, 6.45) is 1.85. The van der Waals surface area contributed by atoms with Crippen LogP contribution in [-0.2, 0) is 23.2 Å². The zero-order valence-electron chi connectivity index (χ0n) is 17.4.